The number of amides is 2. The standard InChI is InChI=1S/C12H9Cl4NO3/c1-2-3-20-17-9(18)5-6(10(17)19)12(16)4-11(5,15)7(13)8(12)14/h2,5-6H,1,3-4H2/t5-,6-,11-,12-/m1/s1. The second kappa shape index (κ2) is 4.37. The fraction of sp³-hybridized carbons (Fsp3) is 0.500. The third-order valence-electron chi connectivity index (χ3n) is 4.01. The Morgan fingerprint density at radius 3 is 2.05 bits per heavy atom. The molecule has 108 valence electrons. The zero-order valence-corrected chi connectivity index (χ0v) is 13.1. The minimum absolute atomic E-state index is 0.0242. The molecule has 8 heteroatoms. The summed E-state index contributed by atoms with van der Waals surface area (Å²) in [5.41, 5.74) is 0. The Kier molecular flexibility index (Phi) is 3.20. The Morgan fingerprint density at radius 1 is 1.20 bits per heavy atom. The lowest BCUT2D eigenvalue weighted by Crippen LogP contribution is -2.38. The predicted octanol–water partition coefficient (Wildman–Crippen LogP) is 2.77. The maximum atomic E-state index is 12.4. The van der Waals surface area contributed by atoms with Gasteiger partial charge in [0.2, 0.25) is 0 Å². The zero-order valence-electron chi connectivity index (χ0n) is 10.0. The van der Waals surface area contributed by atoms with Crippen LogP contribution in [-0.2, 0) is 14.4 Å². The number of rotatable bonds is 3. The maximum absolute atomic E-state index is 12.4. The topological polar surface area (TPSA) is 46.6 Å². The highest BCUT2D eigenvalue weighted by molar-refractivity contribution is 6.52. The Bertz CT molecular complexity index is 535. The summed E-state index contributed by atoms with van der Waals surface area (Å²) >= 11 is 25.1. The monoisotopic (exact) mass is 355 g/mol. The Balaban J connectivity index is 2.05. The van der Waals surface area contributed by atoms with Gasteiger partial charge in [-0.3, -0.25) is 14.4 Å². The van der Waals surface area contributed by atoms with E-state index >= 15 is 0 Å². The van der Waals surface area contributed by atoms with Crippen LogP contribution in [-0.4, -0.2) is 33.2 Å². The van der Waals surface area contributed by atoms with Crippen LogP contribution in [0.25, 0.3) is 0 Å². The highest BCUT2D eigenvalue weighted by atomic mass is 35.5. The molecule has 20 heavy (non-hydrogen) atoms. The smallest absolute Gasteiger partial charge is 0.259 e. The van der Waals surface area contributed by atoms with Crippen molar-refractivity contribution in [2.75, 3.05) is 6.61 Å². The number of hydrogen-bond acceptors (Lipinski definition) is 3. The van der Waals surface area contributed by atoms with Gasteiger partial charge in [-0.1, -0.05) is 29.3 Å². The van der Waals surface area contributed by atoms with Gasteiger partial charge in [-0.2, -0.15) is 5.06 Å². The van der Waals surface area contributed by atoms with Gasteiger partial charge in [0.25, 0.3) is 11.8 Å². The van der Waals surface area contributed by atoms with Gasteiger partial charge in [-0.05, 0) is 6.42 Å². The Labute approximate surface area is 135 Å². The second-order valence-corrected chi connectivity index (χ2v) is 7.15. The molecule has 0 spiro atoms. The largest absolute Gasteiger partial charge is 0.272 e. The van der Waals surface area contributed by atoms with Crippen molar-refractivity contribution in [2.45, 2.75) is 16.2 Å². The average Bonchev–Trinajstić information content (AvgIpc) is 2.86. The summed E-state index contributed by atoms with van der Waals surface area (Å²) in [4.78, 5) is 27.4. The van der Waals surface area contributed by atoms with E-state index in [1.54, 1.807) is 0 Å². The first-order chi connectivity index (χ1) is 9.29. The highest BCUT2D eigenvalue weighted by Gasteiger charge is 2.76. The lowest BCUT2D eigenvalue weighted by atomic mass is 9.84. The van der Waals surface area contributed by atoms with Crippen molar-refractivity contribution in [2.24, 2.45) is 11.8 Å². The van der Waals surface area contributed by atoms with E-state index in [9.17, 15) is 9.59 Å². The van der Waals surface area contributed by atoms with Crippen LogP contribution in [0.15, 0.2) is 22.7 Å². The van der Waals surface area contributed by atoms with Crippen molar-refractivity contribution in [1.82, 2.24) is 5.06 Å². The van der Waals surface area contributed by atoms with E-state index in [2.05, 4.69) is 6.58 Å². The number of carbonyl (C=O) groups is 2. The van der Waals surface area contributed by atoms with Crippen molar-refractivity contribution < 1.29 is 14.4 Å². The molecular weight excluding hydrogens is 348 g/mol. The fourth-order valence-electron chi connectivity index (χ4n) is 3.21. The fourth-order valence-corrected chi connectivity index (χ4v) is 5.13. The molecule has 1 saturated heterocycles. The van der Waals surface area contributed by atoms with Gasteiger partial charge < -0.3 is 0 Å². The number of allylic oxidation sites excluding steroid dienone is 2. The minimum atomic E-state index is -1.23. The molecule has 3 aliphatic rings. The van der Waals surface area contributed by atoms with Crippen molar-refractivity contribution in [3.05, 3.63) is 22.7 Å². The quantitative estimate of drug-likeness (QED) is 0.443. The summed E-state index contributed by atoms with van der Waals surface area (Å²) in [6.07, 6.45) is 1.58. The average molecular weight is 357 g/mol. The van der Waals surface area contributed by atoms with E-state index in [1.165, 1.54) is 6.08 Å². The van der Waals surface area contributed by atoms with Gasteiger partial charge >= 0.3 is 0 Å². The molecule has 4 atom stereocenters. The molecule has 1 heterocycles. The number of hydrogen-bond donors (Lipinski definition) is 0. The number of fused-ring (bicyclic) bond motifs is 5. The third-order valence-corrected chi connectivity index (χ3v) is 6.47. The van der Waals surface area contributed by atoms with E-state index in [0.29, 0.717) is 5.06 Å². The first-order valence-electron chi connectivity index (χ1n) is 5.84. The highest BCUT2D eigenvalue weighted by Crippen LogP contribution is 2.69. The number of carbonyl (C=O) groups excluding carboxylic acids is 2. The molecule has 0 radical (unpaired) electrons. The predicted molar refractivity (Wildman–Crippen MR) is 75.5 cm³/mol. The van der Waals surface area contributed by atoms with Gasteiger partial charge in [0.1, 0.15) is 0 Å². The Hall–Kier alpha value is -0.260. The molecule has 1 aliphatic heterocycles. The number of nitrogens with zero attached hydrogens (tertiary/aromatic N) is 1. The van der Waals surface area contributed by atoms with Crippen LogP contribution in [0.3, 0.4) is 0 Å². The summed E-state index contributed by atoms with van der Waals surface area (Å²) in [7, 11) is 0. The summed E-state index contributed by atoms with van der Waals surface area (Å²) in [6, 6.07) is 0. The normalized spacial score (nSPS) is 42.7. The molecule has 0 aromatic heterocycles. The van der Waals surface area contributed by atoms with Crippen LogP contribution in [0, 0.1) is 11.8 Å². The van der Waals surface area contributed by atoms with E-state index in [4.69, 9.17) is 51.2 Å². The molecule has 0 aromatic rings. The molecule has 1 saturated carbocycles. The van der Waals surface area contributed by atoms with Gasteiger partial charge in [-0.25, -0.2) is 0 Å². The Morgan fingerprint density at radius 2 is 1.65 bits per heavy atom. The summed E-state index contributed by atoms with van der Waals surface area (Å²) < 4.78 is 0. The molecule has 2 fully saturated rings. The minimum Gasteiger partial charge on any atom is -0.272 e. The SMILES string of the molecule is C=CCON1C(=O)[C@H]2[C@H](C1=O)[C@]1(Cl)C[C@]2(Cl)C(Cl)=C1Cl. The lowest BCUT2D eigenvalue weighted by Gasteiger charge is -2.28. The molecule has 2 amide bonds. The molecule has 4 nitrogen and oxygen atoms in total. The van der Waals surface area contributed by atoms with Gasteiger partial charge in [0.05, 0.1) is 38.3 Å². The maximum Gasteiger partial charge on any atom is 0.259 e. The summed E-state index contributed by atoms with van der Waals surface area (Å²) in [5.74, 6) is -2.79. The van der Waals surface area contributed by atoms with E-state index in [0.717, 1.165) is 0 Å². The lowest BCUT2D eigenvalue weighted by molar-refractivity contribution is -0.186. The van der Waals surface area contributed by atoms with Gasteiger partial charge in [0.15, 0.2) is 0 Å². The van der Waals surface area contributed by atoms with Crippen LogP contribution in [0.1, 0.15) is 6.42 Å². The van der Waals surface area contributed by atoms with Crippen LogP contribution >= 0.6 is 46.4 Å². The number of imide groups is 1. The molecular formula is C12H9Cl4NO3. The van der Waals surface area contributed by atoms with E-state index in [-0.39, 0.29) is 23.1 Å². The molecule has 2 aliphatic carbocycles. The summed E-state index contributed by atoms with van der Waals surface area (Å²) in [6.45, 7) is 3.48. The van der Waals surface area contributed by atoms with Crippen molar-refractivity contribution in [1.29, 1.82) is 0 Å². The van der Waals surface area contributed by atoms with Gasteiger partial charge in [0, 0.05) is 0 Å². The molecule has 2 bridgehead atoms. The first-order valence-corrected chi connectivity index (χ1v) is 7.36. The van der Waals surface area contributed by atoms with Crippen LogP contribution in [0.2, 0.25) is 0 Å². The van der Waals surface area contributed by atoms with Crippen molar-refractivity contribution in [3.8, 4) is 0 Å². The first kappa shape index (κ1) is 14.7. The van der Waals surface area contributed by atoms with Gasteiger partial charge in [-0.15, -0.1) is 29.8 Å². The van der Waals surface area contributed by atoms with Crippen LogP contribution in [0.5, 0.6) is 0 Å². The molecule has 0 N–H and O–H groups in total. The van der Waals surface area contributed by atoms with E-state index < -0.39 is 33.4 Å². The summed E-state index contributed by atoms with van der Waals surface area (Å²) in [5, 5.41) is 0.983. The zero-order chi connectivity index (χ0) is 14.9. The van der Waals surface area contributed by atoms with Crippen LogP contribution < -0.4 is 0 Å². The molecule has 3 rings (SSSR count). The third kappa shape index (κ3) is 1.49. The number of alkyl halides is 2. The van der Waals surface area contributed by atoms with Crippen molar-refractivity contribution in [3.63, 3.8) is 0 Å². The second-order valence-electron chi connectivity index (χ2n) is 5.04. The van der Waals surface area contributed by atoms with Crippen LogP contribution in [0.4, 0.5) is 0 Å². The number of hydroxylamine groups is 2. The van der Waals surface area contributed by atoms with E-state index in [1.807, 2.05) is 0 Å². The molecule has 0 aromatic carbocycles. The van der Waals surface area contributed by atoms with Crippen molar-refractivity contribution >= 4 is 58.2 Å². The molecule has 0 unspecified atom stereocenters. The number of halogens is 4.